The van der Waals surface area contributed by atoms with Gasteiger partial charge in [-0.15, -0.1) is 0 Å². The molecule has 0 fully saturated rings. The number of hydrogen-bond donors (Lipinski definition) is 1. The molecule has 5 rings (SSSR count). The molecule has 232 valence electrons. The number of carboxylic acid groups (broad SMARTS) is 1. The Bertz CT molecular complexity index is 1860. The van der Waals surface area contributed by atoms with Crippen LogP contribution in [-0.2, 0) is 9.53 Å². The zero-order valence-corrected chi connectivity index (χ0v) is 25.5. The van der Waals surface area contributed by atoms with Crippen LogP contribution in [0.15, 0.2) is 83.3 Å². The normalized spacial score (nSPS) is 11.1. The van der Waals surface area contributed by atoms with Gasteiger partial charge in [0, 0.05) is 28.2 Å². The first-order valence-corrected chi connectivity index (χ1v) is 13.8. The minimum atomic E-state index is -1.03. The fraction of sp³-hybridized carbons (Fsp3) is 0.100. The number of fused-ring (bicyclic) bond motifs is 1. The van der Waals surface area contributed by atoms with Gasteiger partial charge in [-0.1, -0.05) is 34.8 Å². The largest absolute Gasteiger partial charge is 0.479 e. The minimum absolute atomic E-state index is 0.0924. The molecule has 0 aliphatic carbocycles. The Balaban J connectivity index is 0.000000205. The second kappa shape index (κ2) is 14.6. The maximum atomic E-state index is 11.6. The Hall–Kier alpha value is -5.04. The molecule has 0 amide bonds. The van der Waals surface area contributed by atoms with Gasteiger partial charge in [0.2, 0.25) is 0 Å². The molecule has 0 spiro atoms. The SMILES string of the molecule is CC(Oc1ccc(Oc2nc3ccc(Cl)cc3o2)cc1)C(=O)O.COC(=O)c1cc(Oc2ccc(Cl)cc2Cl)ccc1[N+](=O)[O-]. The van der Waals surface area contributed by atoms with Gasteiger partial charge in [-0.05, 0) is 67.6 Å². The van der Waals surface area contributed by atoms with Gasteiger partial charge in [0.1, 0.15) is 34.1 Å². The van der Waals surface area contributed by atoms with Crippen LogP contribution in [0, 0.1) is 10.1 Å². The molecule has 5 aromatic rings. The second-order valence-corrected chi connectivity index (χ2v) is 10.1. The van der Waals surface area contributed by atoms with Crippen LogP contribution in [0.5, 0.6) is 29.1 Å². The summed E-state index contributed by atoms with van der Waals surface area (Å²) >= 11 is 17.7. The zero-order valence-electron chi connectivity index (χ0n) is 23.2. The summed E-state index contributed by atoms with van der Waals surface area (Å²) in [6.07, 6.45) is -0.835. The number of nitrogens with zero attached hydrogens (tertiary/aromatic N) is 2. The summed E-state index contributed by atoms with van der Waals surface area (Å²) in [5.74, 6) is -0.449. The number of halogens is 3. The third-order valence-corrected chi connectivity index (χ3v) is 6.48. The van der Waals surface area contributed by atoms with Gasteiger partial charge in [-0.3, -0.25) is 10.1 Å². The van der Waals surface area contributed by atoms with E-state index in [1.165, 1.54) is 25.1 Å². The molecule has 1 heterocycles. The molecule has 1 N–H and O–H groups in total. The number of oxazole rings is 1. The summed E-state index contributed by atoms with van der Waals surface area (Å²) in [6, 6.07) is 19.9. The average molecular weight is 676 g/mol. The van der Waals surface area contributed by atoms with Crippen molar-refractivity contribution in [2.24, 2.45) is 0 Å². The van der Waals surface area contributed by atoms with E-state index in [9.17, 15) is 19.7 Å². The minimum Gasteiger partial charge on any atom is -0.479 e. The van der Waals surface area contributed by atoms with Gasteiger partial charge < -0.3 is 28.5 Å². The molecule has 0 saturated heterocycles. The van der Waals surface area contributed by atoms with Gasteiger partial charge in [0.05, 0.1) is 17.1 Å². The lowest BCUT2D eigenvalue weighted by atomic mass is 10.1. The zero-order chi connectivity index (χ0) is 32.7. The predicted molar refractivity (Wildman–Crippen MR) is 164 cm³/mol. The van der Waals surface area contributed by atoms with Gasteiger partial charge in [0.25, 0.3) is 5.69 Å². The van der Waals surface area contributed by atoms with Crippen molar-refractivity contribution in [3.8, 4) is 29.1 Å². The summed E-state index contributed by atoms with van der Waals surface area (Å²) in [5, 5.41) is 21.0. The van der Waals surface area contributed by atoms with Crippen molar-refractivity contribution in [3.05, 3.63) is 110 Å². The van der Waals surface area contributed by atoms with Crippen molar-refractivity contribution in [1.29, 1.82) is 0 Å². The van der Waals surface area contributed by atoms with E-state index in [0.717, 1.165) is 13.2 Å². The number of methoxy groups -OCH3 is 1. The first kappa shape index (κ1) is 32.9. The van der Waals surface area contributed by atoms with Crippen LogP contribution in [0.25, 0.3) is 11.1 Å². The quantitative estimate of drug-likeness (QED) is 0.0905. The molecule has 0 aliphatic heterocycles. The Labute approximate surface area is 269 Å². The van der Waals surface area contributed by atoms with E-state index in [2.05, 4.69) is 9.72 Å². The summed E-state index contributed by atoms with van der Waals surface area (Å²) < 4.78 is 26.2. The maximum Gasteiger partial charge on any atom is 0.400 e. The fourth-order valence-electron chi connectivity index (χ4n) is 3.56. The number of carbonyl (C=O) groups excluding carboxylic acids is 1. The number of aromatic nitrogens is 1. The summed E-state index contributed by atoms with van der Waals surface area (Å²) in [6.45, 7) is 1.45. The number of carbonyl (C=O) groups is 2. The Morgan fingerprint density at radius 2 is 1.53 bits per heavy atom. The first-order chi connectivity index (χ1) is 21.4. The van der Waals surface area contributed by atoms with Crippen LogP contribution in [0.2, 0.25) is 15.1 Å². The maximum absolute atomic E-state index is 11.6. The van der Waals surface area contributed by atoms with Crippen LogP contribution >= 0.6 is 34.8 Å². The molecule has 1 aromatic heterocycles. The number of esters is 1. The first-order valence-electron chi connectivity index (χ1n) is 12.7. The van der Waals surface area contributed by atoms with Crippen molar-refractivity contribution in [2.45, 2.75) is 13.0 Å². The Morgan fingerprint density at radius 1 is 0.889 bits per heavy atom. The van der Waals surface area contributed by atoms with Crippen LogP contribution in [0.1, 0.15) is 17.3 Å². The van der Waals surface area contributed by atoms with E-state index < -0.39 is 23.0 Å². The third-order valence-electron chi connectivity index (χ3n) is 5.71. The fourth-order valence-corrected chi connectivity index (χ4v) is 4.17. The average Bonchev–Trinajstić information content (AvgIpc) is 3.40. The molecule has 12 nitrogen and oxygen atoms in total. The molecule has 45 heavy (non-hydrogen) atoms. The molecule has 0 bridgehead atoms. The number of aliphatic carboxylic acids is 1. The predicted octanol–water partition coefficient (Wildman–Crippen LogP) is 8.61. The number of nitro benzene ring substituents is 1. The lowest BCUT2D eigenvalue weighted by Gasteiger charge is -2.10. The molecular formula is C30H21Cl3N2O10. The molecule has 0 radical (unpaired) electrons. The lowest BCUT2D eigenvalue weighted by Crippen LogP contribution is -2.22. The highest BCUT2D eigenvalue weighted by Crippen LogP contribution is 2.34. The molecule has 1 unspecified atom stereocenters. The Morgan fingerprint density at radius 3 is 2.18 bits per heavy atom. The molecule has 15 heteroatoms. The summed E-state index contributed by atoms with van der Waals surface area (Å²) in [4.78, 5) is 36.8. The monoisotopic (exact) mass is 674 g/mol. The third kappa shape index (κ3) is 8.76. The van der Waals surface area contributed by atoms with E-state index in [1.54, 1.807) is 54.6 Å². The second-order valence-electron chi connectivity index (χ2n) is 8.87. The van der Waals surface area contributed by atoms with E-state index in [0.29, 0.717) is 38.4 Å². The number of hydrogen-bond acceptors (Lipinski definition) is 10. The van der Waals surface area contributed by atoms with Crippen LogP contribution < -0.4 is 14.2 Å². The highest BCUT2D eigenvalue weighted by Gasteiger charge is 2.22. The van der Waals surface area contributed by atoms with E-state index in [1.807, 2.05) is 0 Å². The van der Waals surface area contributed by atoms with Gasteiger partial charge >= 0.3 is 18.0 Å². The summed E-state index contributed by atoms with van der Waals surface area (Å²) in [7, 11) is 1.13. The summed E-state index contributed by atoms with van der Waals surface area (Å²) in [5.41, 5.74) is 0.582. The topological polar surface area (TPSA) is 160 Å². The van der Waals surface area contributed by atoms with Crippen molar-refractivity contribution in [2.75, 3.05) is 7.11 Å². The number of benzene rings is 4. The van der Waals surface area contributed by atoms with E-state index in [-0.39, 0.29) is 28.1 Å². The number of nitro groups is 1. The molecule has 0 aliphatic rings. The molecule has 4 aromatic carbocycles. The highest BCUT2D eigenvalue weighted by molar-refractivity contribution is 6.35. The highest BCUT2D eigenvalue weighted by atomic mass is 35.5. The number of carboxylic acids is 1. The molecular weight excluding hydrogens is 655 g/mol. The standard InChI is InChI=1S/C16H12ClNO5.C14H9Cl2NO5/c1-9(15(19)20)21-11-3-5-12(6-4-11)22-16-18-13-7-2-10(17)8-14(13)23-16;1-21-14(18)10-7-9(3-4-12(10)17(19)20)22-13-5-2-8(15)6-11(13)16/h2-9H,1H3,(H,19,20);2-7H,1H3. The lowest BCUT2D eigenvalue weighted by molar-refractivity contribution is -0.385. The van der Waals surface area contributed by atoms with Gasteiger partial charge in [-0.2, -0.15) is 4.98 Å². The van der Waals surface area contributed by atoms with E-state index in [4.69, 9.17) is 58.5 Å². The van der Waals surface area contributed by atoms with Crippen LogP contribution in [-0.4, -0.2) is 40.2 Å². The van der Waals surface area contributed by atoms with Crippen molar-refractivity contribution in [3.63, 3.8) is 0 Å². The molecule has 1 atom stereocenters. The molecule has 0 saturated carbocycles. The van der Waals surface area contributed by atoms with Gasteiger partial charge in [-0.25, -0.2) is 9.59 Å². The van der Waals surface area contributed by atoms with Crippen LogP contribution in [0.4, 0.5) is 5.69 Å². The van der Waals surface area contributed by atoms with E-state index >= 15 is 0 Å². The smallest absolute Gasteiger partial charge is 0.400 e. The Kier molecular flexibility index (Phi) is 10.7. The number of ether oxygens (including phenoxy) is 4. The van der Waals surface area contributed by atoms with Crippen LogP contribution in [0.3, 0.4) is 0 Å². The number of rotatable bonds is 9. The van der Waals surface area contributed by atoms with Crippen molar-refractivity contribution < 1.29 is 43.0 Å². The van der Waals surface area contributed by atoms with Crippen molar-refractivity contribution >= 4 is 63.5 Å². The van der Waals surface area contributed by atoms with Gasteiger partial charge in [0.15, 0.2) is 11.7 Å². The van der Waals surface area contributed by atoms with Crippen molar-refractivity contribution in [1.82, 2.24) is 4.98 Å².